The first kappa shape index (κ1) is 12.4. The van der Waals surface area contributed by atoms with Gasteiger partial charge in [0.2, 0.25) is 0 Å². The van der Waals surface area contributed by atoms with Crippen LogP contribution in [0.25, 0.3) is 0 Å². The molecule has 1 rings (SSSR count). The Balaban J connectivity index is 3.43. The Hall–Kier alpha value is -1.62. The Morgan fingerprint density at radius 3 is 2.50 bits per heavy atom. The summed E-state index contributed by atoms with van der Waals surface area (Å²) in [6.45, 7) is 0.699. The molecule has 4 N–H and O–H groups in total. The Kier molecular flexibility index (Phi) is 3.49. The zero-order valence-electron chi connectivity index (χ0n) is 8.85. The molecule has 0 spiro atoms. The number of phenols is 1. The van der Waals surface area contributed by atoms with Crippen LogP contribution in [0, 0.1) is 0 Å². The summed E-state index contributed by atoms with van der Waals surface area (Å²) in [4.78, 5) is 11.2. The number of benzene rings is 1. The molecule has 0 radical (unpaired) electrons. The normalized spacial score (nSPS) is 16.4. The molecule has 0 heterocycles. The van der Waals surface area contributed by atoms with E-state index < -0.39 is 24.1 Å². The van der Waals surface area contributed by atoms with E-state index in [-0.39, 0.29) is 11.3 Å². The third-order valence-corrected chi connectivity index (χ3v) is 2.77. The SMILES string of the molecule is CC(F)C(CN)(C(=O)O)c1ccccc1O. The first-order valence-corrected chi connectivity index (χ1v) is 4.82. The van der Waals surface area contributed by atoms with Crippen molar-refractivity contribution in [2.45, 2.75) is 18.5 Å². The van der Waals surface area contributed by atoms with Gasteiger partial charge in [0.15, 0.2) is 0 Å². The lowest BCUT2D eigenvalue weighted by atomic mass is 9.76. The molecule has 0 bridgehead atoms. The smallest absolute Gasteiger partial charge is 0.318 e. The number of aromatic hydroxyl groups is 1. The first-order valence-electron chi connectivity index (χ1n) is 4.82. The van der Waals surface area contributed by atoms with Crippen LogP contribution < -0.4 is 5.73 Å². The molecule has 1 aromatic carbocycles. The van der Waals surface area contributed by atoms with Gasteiger partial charge in [0.25, 0.3) is 0 Å². The summed E-state index contributed by atoms with van der Waals surface area (Å²) in [7, 11) is 0. The van der Waals surface area contributed by atoms with Gasteiger partial charge in [-0.05, 0) is 13.0 Å². The molecule has 2 unspecified atom stereocenters. The molecular weight excluding hydrogens is 213 g/mol. The molecular formula is C11H14FNO3. The van der Waals surface area contributed by atoms with E-state index in [0.29, 0.717) is 0 Å². The highest BCUT2D eigenvalue weighted by molar-refractivity contribution is 5.83. The number of alkyl halides is 1. The van der Waals surface area contributed by atoms with Gasteiger partial charge in [-0.3, -0.25) is 4.79 Å². The molecule has 16 heavy (non-hydrogen) atoms. The minimum Gasteiger partial charge on any atom is -0.508 e. The third-order valence-electron chi connectivity index (χ3n) is 2.77. The molecule has 0 aromatic heterocycles. The number of aliphatic carboxylic acids is 1. The molecule has 88 valence electrons. The Bertz CT molecular complexity index is 395. The number of hydrogen-bond donors (Lipinski definition) is 3. The van der Waals surface area contributed by atoms with E-state index in [1.807, 2.05) is 0 Å². The highest BCUT2D eigenvalue weighted by Gasteiger charge is 2.46. The minimum atomic E-state index is -1.90. The fourth-order valence-electron chi connectivity index (χ4n) is 1.71. The van der Waals surface area contributed by atoms with Crippen LogP contribution in [0.4, 0.5) is 4.39 Å². The molecule has 0 saturated heterocycles. The number of halogens is 1. The van der Waals surface area contributed by atoms with Crippen molar-refractivity contribution in [2.75, 3.05) is 6.54 Å². The van der Waals surface area contributed by atoms with Gasteiger partial charge in [-0.2, -0.15) is 0 Å². The molecule has 0 aliphatic rings. The lowest BCUT2D eigenvalue weighted by Crippen LogP contribution is -2.49. The summed E-state index contributed by atoms with van der Waals surface area (Å²) in [6.07, 6.45) is -1.71. The highest BCUT2D eigenvalue weighted by Crippen LogP contribution is 2.35. The number of carboxylic acid groups (broad SMARTS) is 1. The van der Waals surface area contributed by atoms with Crippen LogP contribution in [0.2, 0.25) is 0 Å². The topological polar surface area (TPSA) is 83.6 Å². The summed E-state index contributed by atoms with van der Waals surface area (Å²) in [6, 6.07) is 5.74. The maximum atomic E-state index is 13.6. The predicted molar refractivity (Wildman–Crippen MR) is 57.0 cm³/mol. The number of rotatable bonds is 4. The van der Waals surface area contributed by atoms with E-state index in [2.05, 4.69) is 0 Å². The standard InChI is InChI=1S/C11H14FNO3/c1-7(12)11(6-13,10(15)16)8-4-2-3-5-9(8)14/h2-5,7,14H,6,13H2,1H3,(H,15,16). The quantitative estimate of drug-likeness (QED) is 0.717. The average molecular weight is 227 g/mol. The summed E-state index contributed by atoms with van der Waals surface area (Å²) in [5, 5.41) is 18.7. The monoisotopic (exact) mass is 227 g/mol. The van der Waals surface area contributed by atoms with Crippen molar-refractivity contribution < 1.29 is 19.4 Å². The van der Waals surface area contributed by atoms with E-state index in [0.717, 1.165) is 6.92 Å². The van der Waals surface area contributed by atoms with Crippen molar-refractivity contribution in [3.63, 3.8) is 0 Å². The molecule has 2 atom stereocenters. The molecule has 0 aliphatic heterocycles. The Morgan fingerprint density at radius 2 is 2.12 bits per heavy atom. The second-order valence-corrected chi connectivity index (χ2v) is 3.61. The van der Waals surface area contributed by atoms with Crippen molar-refractivity contribution in [1.82, 2.24) is 0 Å². The lowest BCUT2D eigenvalue weighted by molar-refractivity contribution is -0.146. The Labute approximate surface area is 92.5 Å². The molecule has 5 heteroatoms. The van der Waals surface area contributed by atoms with Crippen LogP contribution in [0.1, 0.15) is 12.5 Å². The minimum absolute atomic E-state index is 0.000000000000000666. The number of carbonyl (C=O) groups is 1. The largest absolute Gasteiger partial charge is 0.508 e. The van der Waals surface area contributed by atoms with Crippen LogP contribution in [-0.4, -0.2) is 28.9 Å². The van der Waals surface area contributed by atoms with Gasteiger partial charge in [0.05, 0.1) is 0 Å². The van der Waals surface area contributed by atoms with Crippen molar-refractivity contribution in [3.8, 4) is 5.75 Å². The number of nitrogens with two attached hydrogens (primary N) is 1. The van der Waals surface area contributed by atoms with Gasteiger partial charge in [-0.25, -0.2) is 4.39 Å². The van der Waals surface area contributed by atoms with E-state index in [9.17, 15) is 14.3 Å². The van der Waals surface area contributed by atoms with Crippen LogP contribution in [-0.2, 0) is 10.2 Å². The molecule has 0 saturated carbocycles. The van der Waals surface area contributed by atoms with Crippen molar-refractivity contribution >= 4 is 5.97 Å². The summed E-state index contributed by atoms with van der Waals surface area (Å²) in [5.74, 6) is -1.65. The third kappa shape index (κ3) is 1.74. The van der Waals surface area contributed by atoms with E-state index in [1.54, 1.807) is 0 Å². The van der Waals surface area contributed by atoms with Gasteiger partial charge in [0, 0.05) is 12.1 Å². The molecule has 0 aliphatic carbocycles. The van der Waals surface area contributed by atoms with E-state index in [1.165, 1.54) is 24.3 Å². The fourth-order valence-corrected chi connectivity index (χ4v) is 1.71. The van der Waals surface area contributed by atoms with Crippen molar-refractivity contribution in [1.29, 1.82) is 0 Å². The van der Waals surface area contributed by atoms with Crippen LogP contribution in [0.15, 0.2) is 24.3 Å². The van der Waals surface area contributed by atoms with E-state index >= 15 is 0 Å². The average Bonchev–Trinajstić information content (AvgIpc) is 2.21. The maximum Gasteiger partial charge on any atom is 0.318 e. The van der Waals surface area contributed by atoms with Gasteiger partial charge in [-0.1, -0.05) is 18.2 Å². The Morgan fingerprint density at radius 1 is 1.56 bits per heavy atom. The van der Waals surface area contributed by atoms with Gasteiger partial charge < -0.3 is 15.9 Å². The number of para-hydroxylation sites is 1. The van der Waals surface area contributed by atoms with Crippen LogP contribution in [0.3, 0.4) is 0 Å². The number of carboxylic acids is 1. The van der Waals surface area contributed by atoms with Crippen molar-refractivity contribution in [2.24, 2.45) is 5.73 Å². The molecule has 4 nitrogen and oxygen atoms in total. The number of phenolic OH excluding ortho intramolecular Hbond substituents is 1. The fraction of sp³-hybridized carbons (Fsp3) is 0.364. The highest BCUT2D eigenvalue weighted by atomic mass is 19.1. The first-order chi connectivity index (χ1) is 7.46. The summed E-state index contributed by atoms with van der Waals surface area (Å²) >= 11 is 0. The van der Waals surface area contributed by atoms with Gasteiger partial charge in [0.1, 0.15) is 17.3 Å². The lowest BCUT2D eigenvalue weighted by Gasteiger charge is -2.30. The number of hydrogen-bond acceptors (Lipinski definition) is 3. The molecule has 0 amide bonds. The second-order valence-electron chi connectivity index (χ2n) is 3.61. The summed E-state index contributed by atoms with van der Waals surface area (Å²) in [5.41, 5.74) is 3.48. The van der Waals surface area contributed by atoms with Crippen molar-refractivity contribution in [3.05, 3.63) is 29.8 Å². The molecule has 0 fully saturated rings. The maximum absolute atomic E-state index is 13.6. The summed E-state index contributed by atoms with van der Waals surface area (Å²) < 4.78 is 13.6. The van der Waals surface area contributed by atoms with Crippen LogP contribution in [0.5, 0.6) is 5.75 Å². The zero-order valence-corrected chi connectivity index (χ0v) is 8.85. The van der Waals surface area contributed by atoms with Gasteiger partial charge in [-0.15, -0.1) is 0 Å². The zero-order chi connectivity index (χ0) is 12.3. The van der Waals surface area contributed by atoms with Gasteiger partial charge >= 0.3 is 5.97 Å². The van der Waals surface area contributed by atoms with E-state index in [4.69, 9.17) is 10.8 Å². The molecule has 1 aromatic rings. The second kappa shape index (κ2) is 4.49. The van der Waals surface area contributed by atoms with Crippen LogP contribution >= 0.6 is 0 Å². The predicted octanol–water partition coefficient (Wildman–Crippen LogP) is 1.03.